The first-order valence-corrected chi connectivity index (χ1v) is 7.02. The molecule has 2 aliphatic rings. The minimum atomic E-state index is -0.150. The van der Waals surface area contributed by atoms with Crippen molar-refractivity contribution in [2.24, 2.45) is 17.8 Å². The Morgan fingerprint density at radius 1 is 1.37 bits per heavy atom. The highest BCUT2D eigenvalue weighted by Crippen LogP contribution is 2.49. The van der Waals surface area contributed by atoms with E-state index in [9.17, 15) is 4.79 Å². The van der Waals surface area contributed by atoms with Crippen LogP contribution in [0.5, 0.6) is 0 Å². The summed E-state index contributed by atoms with van der Waals surface area (Å²) in [6.45, 7) is 2.11. The van der Waals surface area contributed by atoms with E-state index in [0.29, 0.717) is 17.4 Å². The zero-order chi connectivity index (χ0) is 13.4. The fourth-order valence-corrected chi connectivity index (χ4v) is 3.75. The van der Waals surface area contributed by atoms with Gasteiger partial charge < -0.3 is 11.1 Å². The van der Waals surface area contributed by atoms with E-state index in [1.54, 1.807) is 0 Å². The predicted molar refractivity (Wildman–Crippen MR) is 72.3 cm³/mol. The molecule has 0 aromatic carbocycles. The van der Waals surface area contributed by atoms with Crippen LogP contribution in [0.25, 0.3) is 0 Å². The number of hydrogen-bond acceptors (Lipinski definition) is 4. The molecule has 1 aromatic heterocycles. The largest absolute Gasteiger partial charge is 0.382 e. The highest BCUT2D eigenvalue weighted by Gasteiger charge is 2.42. The predicted octanol–water partition coefficient (Wildman–Crippen LogP) is 1.61. The van der Waals surface area contributed by atoms with Gasteiger partial charge in [0.1, 0.15) is 11.5 Å². The van der Waals surface area contributed by atoms with Crippen LogP contribution in [0.1, 0.15) is 43.1 Å². The first-order valence-electron chi connectivity index (χ1n) is 7.02. The van der Waals surface area contributed by atoms with Crippen LogP contribution in [0, 0.1) is 17.8 Å². The summed E-state index contributed by atoms with van der Waals surface area (Å²) in [5.41, 5.74) is 5.80. The van der Waals surface area contributed by atoms with Gasteiger partial charge in [0, 0.05) is 6.04 Å². The maximum absolute atomic E-state index is 12.1. The van der Waals surface area contributed by atoms with Crippen molar-refractivity contribution in [1.29, 1.82) is 0 Å². The van der Waals surface area contributed by atoms with Crippen LogP contribution in [-0.4, -0.2) is 21.9 Å². The van der Waals surface area contributed by atoms with E-state index in [4.69, 9.17) is 5.73 Å². The maximum atomic E-state index is 12.1. The highest BCUT2D eigenvalue weighted by atomic mass is 16.1. The fourth-order valence-electron chi connectivity index (χ4n) is 3.75. The van der Waals surface area contributed by atoms with E-state index in [1.165, 1.54) is 38.1 Å². The quantitative estimate of drug-likeness (QED) is 0.865. The summed E-state index contributed by atoms with van der Waals surface area (Å²) in [7, 11) is 0. The third-order valence-corrected chi connectivity index (χ3v) is 4.70. The zero-order valence-corrected chi connectivity index (χ0v) is 11.2. The summed E-state index contributed by atoms with van der Waals surface area (Å²) in [4.78, 5) is 20.0. The molecule has 5 heteroatoms. The molecule has 2 fully saturated rings. The van der Waals surface area contributed by atoms with Crippen LogP contribution in [0.2, 0.25) is 0 Å². The van der Waals surface area contributed by atoms with Crippen LogP contribution >= 0.6 is 0 Å². The molecule has 3 rings (SSSR count). The molecule has 19 heavy (non-hydrogen) atoms. The zero-order valence-electron chi connectivity index (χ0n) is 11.2. The Morgan fingerprint density at radius 3 is 2.79 bits per heavy atom. The molecule has 1 heterocycles. The standard InChI is InChI=1S/C14H20N4O/c1-8(11-5-9-2-3-10(11)4-9)18-14(19)12-6-17-13(15)7-16-12/h6-11H,2-5H2,1H3,(H2,15,17)(H,18,19). The summed E-state index contributed by atoms with van der Waals surface area (Å²) >= 11 is 0. The normalized spacial score (nSPS) is 30.3. The van der Waals surface area contributed by atoms with Crippen molar-refractivity contribution in [1.82, 2.24) is 15.3 Å². The van der Waals surface area contributed by atoms with E-state index in [2.05, 4.69) is 22.2 Å². The average molecular weight is 260 g/mol. The van der Waals surface area contributed by atoms with Crippen molar-refractivity contribution >= 4 is 11.7 Å². The molecule has 3 N–H and O–H groups in total. The fraction of sp³-hybridized carbons (Fsp3) is 0.643. The molecule has 0 radical (unpaired) electrons. The van der Waals surface area contributed by atoms with Crippen molar-refractivity contribution in [3.8, 4) is 0 Å². The van der Waals surface area contributed by atoms with E-state index in [1.807, 2.05) is 0 Å². The summed E-state index contributed by atoms with van der Waals surface area (Å²) in [5.74, 6) is 2.51. The van der Waals surface area contributed by atoms with E-state index in [-0.39, 0.29) is 11.9 Å². The smallest absolute Gasteiger partial charge is 0.271 e. The number of hydrogen-bond donors (Lipinski definition) is 2. The Morgan fingerprint density at radius 2 is 2.21 bits per heavy atom. The lowest BCUT2D eigenvalue weighted by Gasteiger charge is -2.28. The number of nitrogens with zero attached hydrogens (tertiary/aromatic N) is 2. The minimum absolute atomic E-state index is 0.150. The number of carbonyl (C=O) groups is 1. The van der Waals surface area contributed by atoms with E-state index in [0.717, 1.165) is 11.8 Å². The molecule has 0 spiro atoms. The number of carbonyl (C=O) groups excluding carboxylic acids is 1. The minimum Gasteiger partial charge on any atom is -0.382 e. The van der Waals surface area contributed by atoms with E-state index < -0.39 is 0 Å². The van der Waals surface area contributed by atoms with Gasteiger partial charge in [0.15, 0.2) is 0 Å². The lowest BCUT2D eigenvalue weighted by molar-refractivity contribution is 0.0910. The van der Waals surface area contributed by atoms with Gasteiger partial charge in [-0.3, -0.25) is 4.79 Å². The lowest BCUT2D eigenvalue weighted by Crippen LogP contribution is -2.40. The molecule has 1 aromatic rings. The van der Waals surface area contributed by atoms with Crippen LogP contribution in [-0.2, 0) is 0 Å². The van der Waals surface area contributed by atoms with Gasteiger partial charge in [0.2, 0.25) is 0 Å². The van der Waals surface area contributed by atoms with Crippen LogP contribution in [0.15, 0.2) is 12.4 Å². The van der Waals surface area contributed by atoms with Gasteiger partial charge in [-0.15, -0.1) is 0 Å². The van der Waals surface area contributed by atoms with Crippen molar-refractivity contribution < 1.29 is 4.79 Å². The number of amides is 1. The molecule has 5 nitrogen and oxygen atoms in total. The summed E-state index contributed by atoms with van der Waals surface area (Å²) in [6.07, 6.45) is 8.17. The molecule has 4 unspecified atom stereocenters. The van der Waals surface area contributed by atoms with Gasteiger partial charge in [-0.25, -0.2) is 9.97 Å². The lowest BCUT2D eigenvalue weighted by atomic mass is 9.84. The Balaban J connectivity index is 1.61. The second kappa shape index (κ2) is 4.79. The molecule has 4 atom stereocenters. The number of nitrogens with two attached hydrogens (primary N) is 1. The Hall–Kier alpha value is -1.65. The van der Waals surface area contributed by atoms with Crippen LogP contribution < -0.4 is 11.1 Å². The average Bonchev–Trinajstić information content (AvgIpc) is 3.01. The van der Waals surface area contributed by atoms with Gasteiger partial charge in [-0.1, -0.05) is 6.42 Å². The third-order valence-electron chi connectivity index (χ3n) is 4.70. The van der Waals surface area contributed by atoms with E-state index >= 15 is 0 Å². The number of nitrogens with one attached hydrogen (secondary N) is 1. The second-order valence-corrected chi connectivity index (χ2v) is 5.93. The first-order chi connectivity index (χ1) is 9.13. The van der Waals surface area contributed by atoms with Crippen molar-refractivity contribution in [3.05, 3.63) is 18.1 Å². The topological polar surface area (TPSA) is 80.9 Å². The van der Waals surface area contributed by atoms with Crippen LogP contribution in [0.4, 0.5) is 5.82 Å². The number of anilines is 1. The molecular formula is C14H20N4O. The third kappa shape index (κ3) is 2.41. The highest BCUT2D eigenvalue weighted by molar-refractivity contribution is 5.92. The number of nitrogen functional groups attached to an aromatic ring is 1. The summed E-state index contributed by atoms with van der Waals surface area (Å²) < 4.78 is 0. The van der Waals surface area contributed by atoms with Crippen LogP contribution in [0.3, 0.4) is 0 Å². The first kappa shape index (κ1) is 12.4. The molecule has 1 amide bonds. The molecule has 2 bridgehead atoms. The van der Waals surface area contributed by atoms with Gasteiger partial charge in [0.25, 0.3) is 5.91 Å². The Bertz CT molecular complexity index is 473. The SMILES string of the molecule is CC(NC(=O)c1cnc(N)cn1)C1CC2CCC1C2. The second-order valence-electron chi connectivity index (χ2n) is 5.93. The molecular weight excluding hydrogens is 240 g/mol. The molecule has 2 saturated carbocycles. The number of aromatic nitrogens is 2. The Kier molecular flexibility index (Phi) is 3.12. The van der Waals surface area contributed by atoms with Crippen molar-refractivity contribution in [3.63, 3.8) is 0 Å². The van der Waals surface area contributed by atoms with Gasteiger partial charge >= 0.3 is 0 Å². The molecule has 0 aliphatic heterocycles. The summed E-state index contributed by atoms with van der Waals surface area (Å²) in [6, 6.07) is 0.210. The van der Waals surface area contributed by atoms with Crippen molar-refractivity contribution in [2.45, 2.75) is 38.6 Å². The molecule has 2 aliphatic carbocycles. The number of rotatable bonds is 3. The Labute approximate surface area is 113 Å². The maximum Gasteiger partial charge on any atom is 0.271 e. The molecule has 0 saturated heterocycles. The number of fused-ring (bicyclic) bond motifs is 2. The van der Waals surface area contributed by atoms with Crippen molar-refractivity contribution in [2.75, 3.05) is 5.73 Å². The monoisotopic (exact) mass is 260 g/mol. The van der Waals surface area contributed by atoms with Gasteiger partial charge in [-0.05, 0) is 43.9 Å². The summed E-state index contributed by atoms with van der Waals surface area (Å²) in [5, 5.41) is 3.06. The van der Waals surface area contributed by atoms with Gasteiger partial charge in [-0.2, -0.15) is 0 Å². The van der Waals surface area contributed by atoms with Gasteiger partial charge in [0.05, 0.1) is 12.4 Å². The molecule has 102 valence electrons.